The maximum absolute atomic E-state index is 12.9. The van der Waals surface area contributed by atoms with E-state index in [-0.39, 0.29) is 34.8 Å². The van der Waals surface area contributed by atoms with Crippen LogP contribution in [0.25, 0.3) is 0 Å². The molecule has 0 saturated heterocycles. The van der Waals surface area contributed by atoms with Gasteiger partial charge in [-0.1, -0.05) is 73.5 Å². The van der Waals surface area contributed by atoms with Gasteiger partial charge in [0.2, 0.25) is 29.5 Å². The number of sulfone groups is 3. The van der Waals surface area contributed by atoms with Crippen LogP contribution < -0.4 is 18.9 Å². The van der Waals surface area contributed by atoms with Gasteiger partial charge in [-0.15, -0.1) is 0 Å². The molecule has 0 unspecified atom stereocenters. The zero-order valence-electron chi connectivity index (χ0n) is 38.3. The maximum atomic E-state index is 12.9. The highest BCUT2D eigenvalue weighted by Gasteiger charge is 2.24. The van der Waals surface area contributed by atoms with Gasteiger partial charge in [0.15, 0.2) is 0 Å². The predicted molar refractivity (Wildman–Crippen MR) is 263 cm³/mol. The third-order valence-corrected chi connectivity index (χ3v) is 16.7. The molecule has 348 valence electrons. The van der Waals surface area contributed by atoms with Crippen LogP contribution in [0.5, 0.6) is 34.5 Å². The van der Waals surface area contributed by atoms with Crippen molar-refractivity contribution in [3.63, 3.8) is 0 Å². The van der Waals surface area contributed by atoms with Crippen molar-refractivity contribution in [1.29, 1.82) is 0 Å². The minimum Gasteiger partial charge on any atom is -0.497 e. The molecule has 10 nitrogen and oxygen atoms in total. The molecule has 0 amide bonds. The van der Waals surface area contributed by atoms with Crippen molar-refractivity contribution in [3.8, 4) is 34.5 Å². The van der Waals surface area contributed by atoms with Crippen LogP contribution in [0.1, 0.15) is 36.1 Å². The number of hydrogen-bond acceptors (Lipinski definition) is 10. The Labute approximate surface area is 399 Å². The summed E-state index contributed by atoms with van der Waals surface area (Å²) in [4.78, 5) is 1.18. The summed E-state index contributed by atoms with van der Waals surface area (Å²) in [5.41, 5.74) is 4.15. The molecule has 8 aromatic rings. The number of benzene rings is 8. The number of methoxy groups -OCH3 is 2. The van der Waals surface area contributed by atoms with Crippen LogP contribution in [0, 0.1) is 13.8 Å². The molecule has 0 fully saturated rings. The lowest BCUT2D eigenvalue weighted by molar-refractivity contribution is 0.414. The summed E-state index contributed by atoms with van der Waals surface area (Å²) in [6.07, 6.45) is 0. The lowest BCUT2D eigenvalue weighted by Gasteiger charge is -2.26. The predicted octanol–water partition coefficient (Wildman–Crippen LogP) is 12.4. The largest absolute Gasteiger partial charge is 0.497 e. The molecule has 0 heterocycles. The first kappa shape index (κ1) is 48.7. The van der Waals surface area contributed by atoms with Gasteiger partial charge in [0.1, 0.15) is 34.5 Å². The van der Waals surface area contributed by atoms with E-state index in [9.17, 15) is 25.3 Å². The third kappa shape index (κ3) is 11.1. The summed E-state index contributed by atoms with van der Waals surface area (Å²) in [6.45, 7) is 8.18. The first-order valence-corrected chi connectivity index (χ1v) is 25.8. The Morgan fingerprint density at radius 1 is 0.294 bits per heavy atom. The van der Waals surface area contributed by atoms with E-state index in [0.29, 0.717) is 28.7 Å². The van der Waals surface area contributed by atoms with E-state index < -0.39 is 29.5 Å². The van der Waals surface area contributed by atoms with Gasteiger partial charge in [-0.05, 0) is 171 Å². The molecule has 0 atom stereocenters. The van der Waals surface area contributed by atoms with E-state index in [1.165, 1.54) is 49.1 Å². The first-order valence-electron chi connectivity index (χ1n) is 21.3. The summed E-state index contributed by atoms with van der Waals surface area (Å²) in [5, 5.41) is 0. The molecule has 0 radical (unpaired) electrons. The van der Waals surface area contributed by atoms with Crippen LogP contribution in [0.2, 0.25) is 0 Å². The molecule has 0 aromatic heterocycles. The normalized spacial score (nSPS) is 11.7. The average Bonchev–Trinajstić information content (AvgIpc) is 3.35. The molecule has 0 aliphatic heterocycles. The van der Waals surface area contributed by atoms with Crippen LogP contribution in [0.4, 0.5) is 0 Å². The SMILES string of the molecule is COc1ccc(C(C)(C)c2ccc(Oc3ccc(S(=O)(=O)c4ccc(C)cc4)cc3)cc2)cc1.COc1ccc(S(=O)(=O)c2ccc(Oc3ccc(S(=O)(=O)c4ccc(C)cc4)cc3)cc2)cc1. The average molecular weight is 967 g/mol. The van der Waals surface area contributed by atoms with Crippen molar-refractivity contribution in [3.05, 3.63) is 216 Å². The summed E-state index contributed by atoms with van der Waals surface area (Å²) >= 11 is 0. The standard InChI is InChI=1S/C29H28O4S.C26H22O6S2/c1-21-5-17-27(18-6-21)34(30,31)28-19-15-26(16-20-28)33-25-13-9-23(10-14-25)29(2,3)22-7-11-24(32-4)12-8-22;1-19-3-11-23(12-4-19)33(27,28)25-15-7-21(8-16-25)32-22-9-17-26(18-10-22)34(29,30)24-13-5-20(31-2)6-14-24/h5-20H,1-4H3;3-18H,1-2H3. The number of hydrogen-bond donors (Lipinski definition) is 0. The van der Waals surface area contributed by atoms with E-state index in [1.807, 2.05) is 38.1 Å². The molecule has 8 rings (SSSR count). The summed E-state index contributed by atoms with van der Waals surface area (Å²) in [5.74, 6) is 3.51. The molecular weight excluding hydrogens is 917 g/mol. The minimum atomic E-state index is -3.68. The van der Waals surface area contributed by atoms with Crippen molar-refractivity contribution < 1.29 is 44.2 Å². The van der Waals surface area contributed by atoms with Gasteiger partial charge in [-0.25, -0.2) is 25.3 Å². The lowest BCUT2D eigenvalue weighted by Crippen LogP contribution is -2.18. The van der Waals surface area contributed by atoms with Crippen LogP contribution in [0.15, 0.2) is 223 Å². The minimum absolute atomic E-state index is 0.129. The van der Waals surface area contributed by atoms with Gasteiger partial charge in [0.25, 0.3) is 0 Å². The molecule has 0 N–H and O–H groups in total. The monoisotopic (exact) mass is 966 g/mol. The van der Waals surface area contributed by atoms with Crippen molar-refractivity contribution in [2.24, 2.45) is 0 Å². The highest BCUT2D eigenvalue weighted by atomic mass is 32.2. The second kappa shape index (κ2) is 20.4. The Kier molecular flexibility index (Phi) is 14.6. The maximum Gasteiger partial charge on any atom is 0.206 e. The molecule has 0 saturated carbocycles. The van der Waals surface area contributed by atoms with Crippen LogP contribution in [0.3, 0.4) is 0 Å². The quantitative estimate of drug-likeness (QED) is 0.103. The molecule has 13 heteroatoms. The van der Waals surface area contributed by atoms with E-state index in [1.54, 1.807) is 116 Å². The van der Waals surface area contributed by atoms with E-state index in [0.717, 1.165) is 22.4 Å². The lowest BCUT2D eigenvalue weighted by atomic mass is 9.78. The van der Waals surface area contributed by atoms with Gasteiger partial charge < -0.3 is 18.9 Å². The third-order valence-electron chi connectivity index (χ3n) is 11.3. The van der Waals surface area contributed by atoms with Crippen molar-refractivity contribution in [2.45, 2.75) is 62.5 Å². The zero-order chi connectivity index (χ0) is 48.7. The fourth-order valence-corrected chi connectivity index (χ4v) is 10.8. The highest BCUT2D eigenvalue weighted by molar-refractivity contribution is 7.92. The number of rotatable bonds is 14. The molecule has 0 aliphatic carbocycles. The summed E-state index contributed by atoms with van der Waals surface area (Å²) in [6, 6.07) is 54.3. The van der Waals surface area contributed by atoms with Gasteiger partial charge in [0.05, 0.1) is 43.6 Å². The molecule has 0 bridgehead atoms. The highest BCUT2D eigenvalue weighted by Crippen LogP contribution is 2.35. The molecule has 8 aromatic carbocycles. The zero-order valence-corrected chi connectivity index (χ0v) is 40.7. The molecular formula is C55H50O10S3. The molecule has 68 heavy (non-hydrogen) atoms. The van der Waals surface area contributed by atoms with E-state index in [4.69, 9.17) is 18.9 Å². The Hall–Kier alpha value is -7.19. The number of aryl methyl sites for hydroxylation is 2. The van der Waals surface area contributed by atoms with Gasteiger partial charge in [0, 0.05) is 5.41 Å². The van der Waals surface area contributed by atoms with E-state index >= 15 is 0 Å². The smallest absolute Gasteiger partial charge is 0.206 e. The van der Waals surface area contributed by atoms with Crippen molar-refractivity contribution in [2.75, 3.05) is 14.2 Å². The first-order chi connectivity index (χ1) is 32.4. The Balaban J connectivity index is 0.000000201. The van der Waals surface area contributed by atoms with Crippen molar-refractivity contribution >= 4 is 29.5 Å². The summed E-state index contributed by atoms with van der Waals surface area (Å²) in [7, 11) is -7.70. The summed E-state index contributed by atoms with van der Waals surface area (Å²) < 4.78 is 99.0. The second-order valence-corrected chi connectivity index (χ2v) is 22.2. The second-order valence-electron chi connectivity index (χ2n) is 16.3. The van der Waals surface area contributed by atoms with Crippen LogP contribution in [-0.4, -0.2) is 39.5 Å². The van der Waals surface area contributed by atoms with Gasteiger partial charge in [-0.3, -0.25) is 0 Å². The fraction of sp³-hybridized carbons (Fsp3) is 0.127. The van der Waals surface area contributed by atoms with Gasteiger partial charge >= 0.3 is 0 Å². The Morgan fingerprint density at radius 2 is 0.485 bits per heavy atom. The Morgan fingerprint density at radius 3 is 0.721 bits per heavy atom. The Bertz CT molecular complexity index is 3300. The van der Waals surface area contributed by atoms with Gasteiger partial charge in [-0.2, -0.15) is 0 Å². The molecule has 0 spiro atoms. The van der Waals surface area contributed by atoms with Crippen LogP contribution >= 0.6 is 0 Å². The number of ether oxygens (including phenoxy) is 4. The molecule has 0 aliphatic rings. The van der Waals surface area contributed by atoms with Crippen LogP contribution in [-0.2, 0) is 34.9 Å². The fourth-order valence-electron chi connectivity index (χ4n) is 7.04. The van der Waals surface area contributed by atoms with Crippen molar-refractivity contribution in [1.82, 2.24) is 0 Å². The van der Waals surface area contributed by atoms with E-state index in [2.05, 4.69) is 38.1 Å². The topological polar surface area (TPSA) is 139 Å².